The zero-order chi connectivity index (χ0) is 11.0. The van der Waals surface area contributed by atoms with Gasteiger partial charge >= 0.3 is 0 Å². The Morgan fingerprint density at radius 1 is 1.50 bits per heavy atom. The van der Waals surface area contributed by atoms with Crippen LogP contribution in [-0.2, 0) is 9.53 Å². The van der Waals surface area contributed by atoms with Crippen LogP contribution < -0.4 is 0 Å². The molecule has 1 aliphatic rings. The fourth-order valence-corrected chi connectivity index (χ4v) is 1.57. The molecule has 1 aliphatic heterocycles. The van der Waals surface area contributed by atoms with Gasteiger partial charge in [-0.2, -0.15) is 0 Å². The van der Waals surface area contributed by atoms with Crippen molar-refractivity contribution < 1.29 is 14.6 Å². The predicted molar refractivity (Wildman–Crippen MR) is 52.9 cm³/mol. The maximum absolute atomic E-state index is 11.9. The molecule has 1 fully saturated rings. The topological polar surface area (TPSA) is 49.8 Å². The van der Waals surface area contributed by atoms with Crippen LogP contribution in [0.3, 0.4) is 0 Å². The lowest BCUT2D eigenvalue weighted by atomic mass is 9.98. The number of morpholine rings is 1. The third-order valence-corrected chi connectivity index (χ3v) is 2.41. The first-order valence-electron chi connectivity index (χ1n) is 4.87. The van der Waals surface area contributed by atoms with Gasteiger partial charge in [0.2, 0.25) is 0 Å². The van der Waals surface area contributed by atoms with Gasteiger partial charge < -0.3 is 14.7 Å². The van der Waals surface area contributed by atoms with Gasteiger partial charge in [-0.3, -0.25) is 4.79 Å². The second-order valence-electron chi connectivity index (χ2n) is 4.88. The van der Waals surface area contributed by atoms with E-state index in [2.05, 4.69) is 0 Å². The van der Waals surface area contributed by atoms with Gasteiger partial charge in [0.25, 0.3) is 5.91 Å². The third kappa shape index (κ3) is 2.25. The number of hydrogen-bond acceptors (Lipinski definition) is 3. The molecule has 1 amide bonds. The third-order valence-electron chi connectivity index (χ3n) is 2.41. The number of carbonyl (C=O) groups excluding carboxylic acids is 1. The highest BCUT2D eigenvalue weighted by Crippen LogP contribution is 2.22. The van der Waals surface area contributed by atoms with E-state index in [1.165, 1.54) is 13.8 Å². The smallest absolute Gasteiger partial charge is 0.254 e. The normalized spacial score (nSPS) is 22.2. The first-order chi connectivity index (χ1) is 6.25. The van der Waals surface area contributed by atoms with Crippen LogP contribution in [0.2, 0.25) is 0 Å². The standard InChI is InChI=1S/C10H19NO3/c1-9(2)7-14-6-5-11(9)8(12)10(3,4)13/h13H,5-7H2,1-4H3. The molecule has 4 nitrogen and oxygen atoms in total. The molecule has 0 aliphatic carbocycles. The summed E-state index contributed by atoms with van der Waals surface area (Å²) in [5.74, 6) is -0.231. The summed E-state index contributed by atoms with van der Waals surface area (Å²) in [7, 11) is 0. The van der Waals surface area contributed by atoms with E-state index in [0.29, 0.717) is 19.8 Å². The average Bonchev–Trinajstić information content (AvgIpc) is 2.00. The molecule has 0 unspecified atom stereocenters. The summed E-state index contributed by atoms with van der Waals surface area (Å²) in [5.41, 5.74) is -1.62. The van der Waals surface area contributed by atoms with Gasteiger partial charge in [-0.15, -0.1) is 0 Å². The summed E-state index contributed by atoms with van der Waals surface area (Å²) in [6.45, 7) is 8.53. The van der Waals surface area contributed by atoms with E-state index < -0.39 is 5.60 Å². The van der Waals surface area contributed by atoms with Crippen molar-refractivity contribution in [2.24, 2.45) is 0 Å². The molecule has 0 bridgehead atoms. The highest BCUT2D eigenvalue weighted by atomic mass is 16.5. The van der Waals surface area contributed by atoms with Crippen molar-refractivity contribution in [1.29, 1.82) is 0 Å². The summed E-state index contributed by atoms with van der Waals surface area (Å²) in [5, 5.41) is 9.64. The first-order valence-corrected chi connectivity index (χ1v) is 4.87. The number of nitrogens with zero attached hydrogens (tertiary/aromatic N) is 1. The lowest BCUT2D eigenvalue weighted by Gasteiger charge is -2.44. The molecule has 1 heterocycles. The number of amides is 1. The van der Waals surface area contributed by atoms with Crippen molar-refractivity contribution in [1.82, 2.24) is 4.90 Å². The first kappa shape index (κ1) is 11.5. The zero-order valence-corrected chi connectivity index (χ0v) is 9.33. The fourth-order valence-electron chi connectivity index (χ4n) is 1.57. The number of hydrogen-bond donors (Lipinski definition) is 1. The summed E-state index contributed by atoms with van der Waals surface area (Å²) in [6.07, 6.45) is 0. The van der Waals surface area contributed by atoms with Crippen molar-refractivity contribution in [3.8, 4) is 0 Å². The van der Waals surface area contributed by atoms with Crippen molar-refractivity contribution in [3.05, 3.63) is 0 Å². The van der Waals surface area contributed by atoms with Crippen LogP contribution in [0, 0.1) is 0 Å². The van der Waals surface area contributed by atoms with Gasteiger partial charge in [0, 0.05) is 6.54 Å². The van der Waals surface area contributed by atoms with Gasteiger partial charge in [0.1, 0.15) is 5.60 Å². The molecular formula is C10H19NO3. The fraction of sp³-hybridized carbons (Fsp3) is 0.900. The molecule has 0 atom stereocenters. The quantitative estimate of drug-likeness (QED) is 0.668. The minimum absolute atomic E-state index is 0.231. The SMILES string of the molecule is CC(C)(O)C(=O)N1CCOCC1(C)C. The van der Waals surface area contributed by atoms with Crippen LogP contribution in [0.4, 0.5) is 0 Å². The van der Waals surface area contributed by atoms with E-state index >= 15 is 0 Å². The average molecular weight is 201 g/mol. The molecule has 1 N–H and O–H groups in total. The summed E-state index contributed by atoms with van der Waals surface area (Å²) < 4.78 is 5.30. The largest absolute Gasteiger partial charge is 0.381 e. The maximum atomic E-state index is 11.9. The molecule has 0 aromatic rings. The second kappa shape index (κ2) is 3.51. The van der Waals surface area contributed by atoms with Crippen molar-refractivity contribution >= 4 is 5.91 Å². The summed E-state index contributed by atoms with van der Waals surface area (Å²) in [6, 6.07) is 0. The van der Waals surface area contributed by atoms with E-state index in [-0.39, 0.29) is 11.4 Å². The Labute approximate surface area is 84.8 Å². The lowest BCUT2D eigenvalue weighted by molar-refractivity contribution is -0.162. The molecule has 0 saturated carbocycles. The van der Waals surface area contributed by atoms with E-state index in [0.717, 1.165) is 0 Å². The highest BCUT2D eigenvalue weighted by molar-refractivity contribution is 5.84. The predicted octanol–water partition coefficient (Wildman–Crippen LogP) is 0.395. The molecule has 1 rings (SSSR count). The molecular weight excluding hydrogens is 182 g/mol. The molecule has 0 radical (unpaired) electrons. The van der Waals surface area contributed by atoms with Gasteiger partial charge in [0.05, 0.1) is 18.8 Å². The Bertz CT molecular complexity index is 230. The van der Waals surface area contributed by atoms with Crippen LogP contribution in [-0.4, -0.2) is 46.8 Å². The van der Waals surface area contributed by atoms with E-state index in [9.17, 15) is 9.90 Å². The van der Waals surface area contributed by atoms with E-state index in [1.807, 2.05) is 13.8 Å². The van der Waals surface area contributed by atoms with Crippen LogP contribution in [0.15, 0.2) is 0 Å². The zero-order valence-electron chi connectivity index (χ0n) is 9.33. The molecule has 0 spiro atoms. The molecule has 0 aromatic heterocycles. The van der Waals surface area contributed by atoms with Gasteiger partial charge in [-0.1, -0.05) is 0 Å². The molecule has 14 heavy (non-hydrogen) atoms. The highest BCUT2D eigenvalue weighted by Gasteiger charge is 2.39. The number of carbonyl (C=O) groups is 1. The Balaban J connectivity index is 2.80. The van der Waals surface area contributed by atoms with Gasteiger partial charge in [-0.25, -0.2) is 0 Å². The Morgan fingerprint density at radius 2 is 2.07 bits per heavy atom. The maximum Gasteiger partial charge on any atom is 0.254 e. The van der Waals surface area contributed by atoms with Crippen molar-refractivity contribution in [2.75, 3.05) is 19.8 Å². The van der Waals surface area contributed by atoms with Crippen LogP contribution in [0.1, 0.15) is 27.7 Å². The van der Waals surface area contributed by atoms with Gasteiger partial charge in [0.15, 0.2) is 0 Å². The number of rotatable bonds is 1. The van der Waals surface area contributed by atoms with E-state index in [4.69, 9.17) is 4.74 Å². The molecule has 0 aromatic carbocycles. The van der Waals surface area contributed by atoms with Gasteiger partial charge in [-0.05, 0) is 27.7 Å². The van der Waals surface area contributed by atoms with Crippen LogP contribution in [0.25, 0.3) is 0 Å². The Morgan fingerprint density at radius 3 is 2.50 bits per heavy atom. The Hall–Kier alpha value is -0.610. The van der Waals surface area contributed by atoms with E-state index in [1.54, 1.807) is 4.90 Å². The Kier molecular flexibility index (Phi) is 2.88. The number of ether oxygens (including phenoxy) is 1. The number of aliphatic hydroxyl groups is 1. The van der Waals surface area contributed by atoms with Crippen molar-refractivity contribution in [3.63, 3.8) is 0 Å². The molecule has 1 saturated heterocycles. The minimum Gasteiger partial charge on any atom is -0.381 e. The minimum atomic E-state index is -1.30. The lowest BCUT2D eigenvalue weighted by Crippen LogP contribution is -2.60. The molecule has 4 heteroatoms. The molecule has 82 valence electrons. The van der Waals surface area contributed by atoms with Crippen LogP contribution in [0.5, 0.6) is 0 Å². The summed E-state index contributed by atoms with van der Waals surface area (Å²) >= 11 is 0. The summed E-state index contributed by atoms with van der Waals surface area (Å²) in [4.78, 5) is 13.5. The van der Waals surface area contributed by atoms with Crippen LogP contribution >= 0.6 is 0 Å². The monoisotopic (exact) mass is 201 g/mol. The van der Waals surface area contributed by atoms with Crippen molar-refractivity contribution in [2.45, 2.75) is 38.8 Å². The second-order valence-corrected chi connectivity index (χ2v) is 4.88.